The van der Waals surface area contributed by atoms with E-state index in [1.165, 1.54) is 0 Å². The quantitative estimate of drug-likeness (QED) is 0.906. The molecule has 0 bridgehead atoms. The van der Waals surface area contributed by atoms with Crippen molar-refractivity contribution in [1.29, 1.82) is 0 Å². The van der Waals surface area contributed by atoms with Crippen molar-refractivity contribution in [2.75, 3.05) is 12.4 Å². The molecule has 0 aliphatic rings. The Morgan fingerprint density at radius 3 is 2.71 bits per heavy atom. The molecule has 1 N–H and O–H groups in total. The molecule has 0 fully saturated rings. The van der Waals surface area contributed by atoms with E-state index in [-0.39, 0.29) is 0 Å². The minimum absolute atomic E-state index is 0.777. The van der Waals surface area contributed by atoms with Crippen LogP contribution in [0.2, 0.25) is 5.02 Å². The van der Waals surface area contributed by atoms with Crippen LogP contribution in [0.1, 0.15) is 11.4 Å². The van der Waals surface area contributed by atoms with Crippen molar-refractivity contribution in [1.82, 2.24) is 14.8 Å². The lowest BCUT2D eigenvalue weighted by Gasteiger charge is -2.00. The van der Waals surface area contributed by atoms with Crippen molar-refractivity contribution < 1.29 is 0 Å². The summed E-state index contributed by atoms with van der Waals surface area (Å²) in [5.41, 5.74) is 1.13. The van der Waals surface area contributed by atoms with Crippen LogP contribution in [0.5, 0.6) is 0 Å². The molecule has 2 aromatic rings. The third kappa shape index (κ3) is 2.77. The molecule has 1 aromatic carbocycles. The first-order chi connectivity index (χ1) is 8.20. The number of aromatic nitrogens is 3. The van der Waals surface area contributed by atoms with Gasteiger partial charge in [0.15, 0.2) is 5.82 Å². The minimum atomic E-state index is 0.777. The zero-order valence-corrected chi connectivity index (χ0v) is 10.7. The van der Waals surface area contributed by atoms with Crippen LogP contribution in [0, 0.1) is 0 Å². The topological polar surface area (TPSA) is 42.7 Å². The van der Waals surface area contributed by atoms with Crippen molar-refractivity contribution in [3.8, 4) is 0 Å². The van der Waals surface area contributed by atoms with Crippen molar-refractivity contribution in [2.24, 2.45) is 7.05 Å². The number of nitrogens with zero attached hydrogens (tertiary/aromatic N) is 3. The molecule has 1 aromatic heterocycles. The third-order valence-corrected chi connectivity index (χ3v) is 2.98. The Kier molecular flexibility index (Phi) is 3.64. The van der Waals surface area contributed by atoms with Gasteiger partial charge in [-0.05, 0) is 18.1 Å². The molecular formula is C12H15ClN4. The average molecular weight is 251 g/mol. The molecule has 0 unspecified atom stereocenters. The summed E-state index contributed by atoms with van der Waals surface area (Å²) < 4.78 is 1.74. The van der Waals surface area contributed by atoms with E-state index < -0.39 is 0 Å². The molecule has 1 heterocycles. The van der Waals surface area contributed by atoms with Gasteiger partial charge in [-0.2, -0.15) is 10.1 Å². The fraction of sp³-hybridized carbons (Fsp3) is 0.333. The summed E-state index contributed by atoms with van der Waals surface area (Å²) in [5, 5.41) is 8.12. The van der Waals surface area contributed by atoms with Gasteiger partial charge in [-0.3, -0.25) is 0 Å². The van der Waals surface area contributed by atoms with E-state index >= 15 is 0 Å². The molecular weight excluding hydrogens is 236 g/mol. The molecule has 4 nitrogen and oxygen atoms in total. The molecule has 2 rings (SSSR count). The van der Waals surface area contributed by atoms with Crippen LogP contribution in [-0.2, 0) is 19.9 Å². The average Bonchev–Trinajstić information content (AvgIpc) is 2.69. The van der Waals surface area contributed by atoms with Crippen LogP contribution in [0.15, 0.2) is 24.3 Å². The van der Waals surface area contributed by atoms with Gasteiger partial charge in [0.25, 0.3) is 0 Å². The first kappa shape index (κ1) is 11.9. The predicted octanol–water partition coefficient (Wildman–Crippen LogP) is 2.30. The van der Waals surface area contributed by atoms with Gasteiger partial charge in [-0.25, -0.2) is 4.68 Å². The second kappa shape index (κ2) is 5.19. The lowest BCUT2D eigenvalue weighted by atomic mass is 10.1. The Bertz CT molecular complexity index is 507. The lowest BCUT2D eigenvalue weighted by Crippen LogP contribution is -1.99. The number of benzene rings is 1. The van der Waals surface area contributed by atoms with Crippen LogP contribution in [0.3, 0.4) is 0 Å². The van der Waals surface area contributed by atoms with Gasteiger partial charge < -0.3 is 5.32 Å². The van der Waals surface area contributed by atoms with E-state index in [9.17, 15) is 0 Å². The molecule has 5 heteroatoms. The summed E-state index contributed by atoms with van der Waals surface area (Å²) in [6.07, 6.45) is 1.64. The molecule has 0 radical (unpaired) electrons. The SMILES string of the molecule is CNc1nc(CCc2ccccc2Cl)nn1C. The van der Waals surface area contributed by atoms with E-state index in [0.29, 0.717) is 0 Å². The van der Waals surface area contributed by atoms with Crippen molar-refractivity contribution >= 4 is 17.5 Å². The standard InChI is InChI=1S/C12H15ClN4/c1-14-12-15-11(16-17(12)2)8-7-9-5-3-4-6-10(9)13/h3-6H,7-8H2,1-2H3,(H,14,15,16). The van der Waals surface area contributed by atoms with Crippen molar-refractivity contribution in [3.05, 3.63) is 40.7 Å². The first-order valence-electron chi connectivity index (χ1n) is 5.52. The number of hydrogen-bond acceptors (Lipinski definition) is 3. The molecule has 0 amide bonds. The smallest absolute Gasteiger partial charge is 0.220 e. The summed E-state index contributed by atoms with van der Waals surface area (Å²) in [6.45, 7) is 0. The van der Waals surface area contributed by atoms with Crippen LogP contribution in [0.4, 0.5) is 5.95 Å². The fourth-order valence-electron chi connectivity index (χ4n) is 1.71. The van der Waals surface area contributed by atoms with E-state index in [1.54, 1.807) is 4.68 Å². The molecule has 0 saturated heterocycles. The molecule has 0 saturated carbocycles. The van der Waals surface area contributed by atoms with Gasteiger partial charge >= 0.3 is 0 Å². The summed E-state index contributed by atoms with van der Waals surface area (Å²) in [5.74, 6) is 1.61. The zero-order valence-electron chi connectivity index (χ0n) is 9.94. The highest BCUT2D eigenvalue weighted by Crippen LogP contribution is 2.16. The maximum atomic E-state index is 6.10. The number of nitrogens with one attached hydrogen (secondary N) is 1. The second-order valence-electron chi connectivity index (χ2n) is 3.82. The summed E-state index contributed by atoms with van der Waals surface area (Å²) in [6, 6.07) is 7.86. The van der Waals surface area contributed by atoms with E-state index in [0.717, 1.165) is 35.2 Å². The van der Waals surface area contributed by atoms with Gasteiger partial charge in [-0.1, -0.05) is 29.8 Å². The highest BCUT2D eigenvalue weighted by molar-refractivity contribution is 6.31. The van der Waals surface area contributed by atoms with Crippen molar-refractivity contribution in [3.63, 3.8) is 0 Å². The van der Waals surface area contributed by atoms with Gasteiger partial charge in [0.2, 0.25) is 5.95 Å². The molecule has 90 valence electrons. The van der Waals surface area contributed by atoms with Crippen LogP contribution < -0.4 is 5.32 Å². The Hall–Kier alpha value is -1.55. The van der Waals surface area contributed by atoms with Crippen LogP contribution >= 0.6 is 11.6 Å². The maximum absolute atomic E-state index is 6.10. The van der Waals surface area contributed by atoms with Crippen molar-refractivity contribution in [2.45, 2.75) is 12.8 Å². The molecule has 0 aliphatic heterocycles. The minimum Gasteiger partial charge on any atom is -0.358 e. The highest BCUT2D eigenvalue weighted by Gasteiger charge is 2.06. The Balaban J connectivity index is 2.05. The number of anilines is 1. The van der Waals surface area contributed by atoms with Gasteiger partial charge in [-0.15, -0.1) is 0 Å². The maximum Gasteiger partial charge on any atom is 0.220 e. The summed E-state index contributed by atoms with van der Waals surface area (Å²) in [4.78, 5) is 4.37. The molecule has 17 heavy (non-hydrogen) atoms. The lowest BCUT2D eigenvalue weighted by molar-refractivity contribution is 0.741. The molecule has 0 aliphatic carbocycles. The third-order valence-electron chi connectivity index (χ3n) is 2.61. The summed E-state index contributed by atoms with van der Waals surface area (Å²) in [7, 11) is 3.71. The highest BCUT2D eigenvalue weighted by atomic mass is 35.5. The molecule has 0 spiro atoms. The number of halogens is 1. The first-order valence-corrected chi connectivity index (χ1v) is 5.89. The Morgan fingerprint density at radius 2 is 2.06 bits per heavy atom. The zero-order chi connectivity index (χ0) is 12.3. The number of hydrogen-bond donors (Lipinski definition) is 1. The van der Waals surface area contributed by atoms with Gasteiger partial charge in [0.1, 0.15) is 0 Å². The monoisotopic (exact) mass is 250 g/mol. The predicted molar refractivity (Wildman–Crippen MR) is 69.4 cm³/mol. The van der Waals surface area contributed by atoms with Gasteiger partial charge in [0, 0.05) is 25.5 Å². The molecule has 0 atom stereocenters. The number of aryl methyl sites for hydroxylation is 3. The second-order valence-corrected chi connectivity index (χ2v) is 4.22. The van der Waals surface area contributed by atoms with E-state index in [1.807, 2.05) is 38.4 Å². The van der Waals surface area contributed by atoms with Crippen LogP contribution in [-0.4, -0.2) is 21.8 Å². The van der Waals surface area contributed by atoms with E-state index in [2.05, 4.69) is 15.4 Å². The normalized spacial score (nSPS) is 10.5. The Labute approximate surface area is 106 Å². The number of rotatable bonds is 4. The Morgan fingerprint density at radius 1 is 1.29 bits per heavy atom. The fourth-order valence-corrected chi connectivity index (χ4v) is 1.94. The van der Waals surface area contributed by atoms with E-state index in [4.69, 9.17) is 11.6 Å². The largest absolute Gasteiger partial charge is 0.358 e. The summed E-state index contributed by atoms with van der Waals surface area (Å²) >= 11 is 6.10. The van der Waals surface area contributed by atoms with Crippen LogP contribution in [0.25, 0.3) is 0 Å². The van der Waals surface area contributed by atoms with Gasteiger partial charge in [0.05, 0.1) is 0 Å².